The molecule has 6 nitrogen and oxygen atoms in total. The maximum Gasteiger partial charge on any atom is 0.305 e. The van der Waals surface area contributed by atoms with Crippen molar-refractivity contribution in [3.63, 3.8) is 0 Å². The molecule has 0 aromatic heterocycles. The highest BCUT2D eigenvalue weighted by Crippen LogP contribution is 2.17. The second-order valence-corrected chi connectivity index (χ2v) is 22.1. The Bertz CT molecular complexity index is 1170. The number of carbonyl (C=O) groups is 2. The number of hydrogen-bond acceptors (Lipinski definition) is 5. The van der Waals surface area contributed by atoms with Crippen LogP contribution >= 0.6 is 0 Å². The summed E-state index contributed by atoms with van der Waals surface area (Å²) in [6, 6.07) is -0.541. The van der Waals surface area contributed by atoms with Crippen LogP contribution < -0.4 is 5.32 Å². The Balaban J connectivity index is 3.39. The highest BCUT2D eigenvalue weighted by Gasteiger charge is 2.20. The average Bonchev–Trinajstić information content (AvgIpc) is 3.38. The predicted octanol–water partition coefficient (Wildman–Crippen LogP) is 20.4. The van der Waals surface area contributed by atoms with Crippen molar-refractivity contribution >= 4 is 11.9 Å². The fourth-order valence-electron chi connectivity index (χ4n) is 9.96. The molecule has 0 aliphatic heterocycles. The lowest BCUT2D eigenvalue weighted by Gasteiger charge is -2.22. The third-order valence-corrected chi connectivity index (χ3v) is 14.9. The number of allylic oxidation sites excluding steroid dienone is 6. The second-order valence-electron chi connectivity index (χ2n) is 22.1. The number of esters is 1. The molecule has 6 heteroatoms. The summed E-state index contributed by atoms with van der Waals surface area (Å²) >= 11 is 0. The molecular formula is C66H125NO5. The maximum absolute atomic E-state index is 12.4. The van der Waals surface area contributed by atoms with Crippen LogP contribution in [0.4, 0.5) is 0 Å². The molecule has 0 fully saturated rings. The summed E-state index contributed by atoms with van der Waals surface area (Å²) in [5.74, 6) is -0.0321. The lowest BCUT2D eigenvalue weighted by atomic mass is 10.0. The maximum atomic E-state index is 12.4. The van der Waals surface area contributed by atoms with Crippen molar-refractivity contribution in [3.8, 4) is 0 Å². The topological polar surface area (TPSA) is 95.9 Å². The number of carbonyl (C=O) groups excluding carboxylic acids is 2. The van der Waals surface area contributed by atoms with Crippen molar-refractivity contribution in [2.45, 2.75) is 360 Å². The van der Waals surface area contributed by atoms with E-state index in [1.165, 1.54) is 263 Å². The first kappa shape index (κ1) is 70.1. The smallest absolute Gasteiger partial charge is 0.305 e. The van der Waals surface area contributed by atoms with Gasteiger partial charge in [-0.05, 0) is 83.5 Å². The van der Waals surface area contributed by atoms with E-state index in [-0.39, 0.29) is 18.5 Å². The molecule has 0 spiro atoms. The highest BCUT2D eigenvalue weighted by atomic mass is 16.5. The highest BCUT2D eigenvalue weighted by molar-refractivity contribution is 5.76. The number of aliphatic hydroxyl groups excluding tert-OH is 2. The molecule has 1 amide bonds. The fraction of sp³-hybridized carbons (Fsp3) is 0.879. The van der Waals surface area contributed by atoms with E-state index in [0.29, 0.717) is 25.9 Å². The number of ether oxygens (including phenoxy) is 1. The van der Waals surface area contributed by atoms with Gasteiger partial charge in [0.15, 0.2) is 0 Å². The minimum atomic E-state index is -0.663. The molecule has 2 unspecified atom stereocenters. The van der Waals surface area contributed by atoms with Gasteiger partial charge in [-0.2, -0.15) is 0 Å². The summed E-state index contributed by atoms with van der Waals surface area (Å²) in [7, 11) is 0. The lowest BCUT2D eigenvalue weighted by Crippen LogP contribution is -2.45. The number of nitrogens with one attached hydrogen (secondary N) is 1. The molecule has 424 valence electrons. The number of unbranched alkanes of at least 4 members (excludes halogenated alkanes) is 43. The van der Waals surface area contributed by atoms with Gasteiger partial charge in [-0.15, -0.1) is 0 Å². The van der Waals surface area contributed by atoms with Crippen LogP contribution in [0.3, 0.4) is 0 Å². The van der Waals surface area contributed by atoms with E-state index in [9.17, 15) is 19.8 Å². The Kier molecular flexibility index (Phi) is 60.0. The molecule has 0 aliphatic carbocycles. The molecule has 0 bridgehead atoms. The predicted molar refractivity (Wildman–Crippen MR) is 315 cm³/mol. The molecule has 0 saturated carbocycles. The van der Waals surface area contributed by atoms with Crippen molar-refractivity contribution in [1.29, 1.82) is 0 Å². The van der Waals surface area contributed by atoms with Crippen LogP contribution in [0.5, 0.6) is 0 Å². The molecule has 72 heavy (non-hydrogen) atoms. The minimum absolute atomic E-state index is 0.00410. The standard InChI is InChI=1S/C66H125NO5/c1-3-5-7-9-11-13-15-16-32-36-40-44-48-52-56-60-66(71)72-61-57-53-49-45-41-37-34-31-29-27-25-23-21-19-17-18-20-22-24-26-28-30-33-35-39-43-47-51-55-59-65(70)67-63(62-68)64(69)58-54-50-46-42-38-14-12-10-8-6-4-2/h16-17,19,23,25,32,63-64,68-69H,3-15,18,20-22,24,26-31,33-62H2,1-2H3,(H,67,70)/b19-17-,25-23-,32-16-. The average molecular weight is 1010 g/mol. The van der Waals surface area contributed by atoms with Crippen molar-refractivity contribution in [1.82, 2.24) is 5.32 Å². The van der Waals surface area contributed by atoms with Gasteiger partial charge in [-0.3, -0.25) is 9.59 Å². The van der Waals surface area contributed by atoms with Gasteiger partial charge < -0.3 is 20.3 Å². The fourth-order valence-corrected chi connectivity index (χ4v) is 9.96. The third kappa shape index (κ3) is 57.4. The SMILES string of the molecule is CCCCCCCC/C=C\CCCCCCCC(=O)OCCCCCCCCCCC/C=C\C/C=C\CCCCCCCCCCCCCCCC(=O)NC(CO)C(O)CCCCCCCCCCCCC. The zero-order valence-corrected chi connectivity index (χ0v) is 48.4. The number of hydrogen-bond donors (Lipinski definition) is 3. The Morgan fingerprint density at radius 3 is 1.07 bits per heavy atom. The van der Waals surface area contributed by atoms with Crippen LogP contribution in [-0.4, -0.2) is 47.4 Å². The van der Waals surface area contributed by atoms with E-state index in [1.54, 1.807) is 0 Å². The van der Waals surface area contributed by atoms with Gasteiger partial charge >= 0.3 is 5.97 Å². The zero-order valence-electron chi connectivity index (χ0n) is 48.4. The summed E-state index contributed by atoms with van der Waals surface area (Å²) in [4.78, 5) is 24.5. The Hall–Kier alpha value is -1.92. The number of aliphatic hydroxyl groups is 2. The molecule has 0 radical (unpaired) electrons. The number of rotatable bonds is 60. The zero-order chi connectivity index (χ0) is 52.2. The van der Waals surface area contributed by atoms with Crippen LogP contribution in [0, 0.1) is 0 Å². The molecule has 3 N–H and O–H groups in total. The minimum Gasteiger partial charge on any atom is -0.466 e. The van der Waals surface area contributed by atoms with Crippen molar-refractivity contribution < 1.29 is 24.5 Å². The van der Waals surface area contributed by atoms with Crippen molar-refractivity contribution in [3.05, 3.63) is 36.5 Å². The van der Waals surface area contributed by atoms with Gasteiger partial charge in [-0.1, -0.05) is 288 Å². The molecule has 0 aromatic carbocycles. The first-order chi connectivity index (χ1) is 35.5. The first-order valence-corrected chi connectivity index (χ1v) is 32.2. The molecule has 0 rings (SSSR count). The van der Waals surface area contributed by atoms with E-state index < -0.39 is 12.1 Å². The molecule has 0 aliphatic rings. The Labute approximate surface area is 449 Å². The van der Waals surface area contributed by atoms with Crippen LogP contribution in [0.2, 0.25) is 0 Å². The Morgan fingerprint density at radius 1 is 0.389 bits per heavy atom. The molecule has 0 aromatic rings. The van der Waals surface area contributed by atoms with Gasteiger partial charge in [0.25, 0.3) is 0 Å². The van der Waals surface area contributed by atoms with Gasteiger partial charge in [0.05, 0.1) is 25.4 Å². The van der Waals surface area contributed by atoms with Crippen molar-refractivity contribution in [2.24, 2.45) is 0 Å². The molecule has 0 saturated heterocycles. The van der Waals surface area contributed by atoms with Gasteiger partial charge in [0.2, 0.25) is 5.91 Å². The van der Waals surface area contributed by atoms with Crippen molar-refractivity contribution in [2.75, 3.05) is 13.2 Å². The van der Waals surface area contributed by atoms with E-state index in [1.807, 2.05) is 0 Å². The first-order valence-electron chi connectivity index (χ1n) is 32.2. The van der Waals surface area contributed by atoms with E-state index in [4.69, 9.17) is 4.74 Å². The lowest BCUT2D eigenvalue weighted by molar-refractivity contribution is -0.143. The van der Waals surface area contributed by atoms with Crippen LogP contribution in [-0.2, 0) is 14.3 Å². The van der Waals surface area contributed by atoms with Crippen LogP contribution in [0.15, 0.2) is 36.5 Å². The summed E-state index contributed by atoms with van der Waals surface area (Å²) in [6.45, 7) is 4.94. The van der Waals surface area contributed by atoms with Gasteiger partial charge in [-0.25, -0.2) is 0 Å². The normalized spacial score (nSPS) is 12.8. The summed E-state index contributed by atoms with van der Waals surface area (Å²) in [5, 5.41) is 23.2. The summed E-state index contributed by atoms with van der Waals surface area (Å²) in [6.07, 6.45) is 77.4. The summed E-state index contributed by atoms with van der Waals surface area (Å²) in [5.41, 5.74) is 0. The van der Waals surface area contributed by atoms with Crippen LogP contribution in [0.25, 0.3) is 0 Å². The molecule has 2 atom stereocenters. The number of amides is 1. The second kappa shape index (κ2) is 61.6. The summed E-state index contributed by atoms with van der Waals surface area (Å²) < 4.78 is 5.48. The monoisotopic (exact) mass is 1010 g/mol. The van der Waals surface area contributed by atoms with E-state index in [2.05, 4.69) is 55.6 Å². The van der Waals surface area contributed by atoms with Gasteiger partial charge in [0, 0.05) is 12.8 Å². The molecular weight excluding hydrogens is 887 g/mol. The third-order valence-electron chi connectivity index (χ3n) is 14.9. The quantitative estimate of drug-likeness (QED) is 0.0320. The molecule has 0 heterocycles. The van der Waals surface area contributed by atoms with Crippen LogP contribution in [0.1, 0.15) is 348 Å². The van der Waals surface area contributed by atoms with E-state index in [0.717, 1.165) is 51.4 Å². The Morgan fingerprint density at radius 2 is 0.694 bits per heavy atom. The largest absolute Gasteiger partial charge is 0.466 e. The van der Waals surface area contributed by atoms with Gasteiger partial charge in [0.1, 0.15) is 0 Å². The van der Waals surface area contributed by atoms with E-state index >= 15 is 0 Å².